The highest BCUT2D eigenvalue weighted by Crippen LogP contribution is 2.17. The van der Waals surface area contributed by atoms with E-state index in [9.17, 15) is 0 Å². The fraction of sp³-hybridized carbons (Fsp3) is 0.435. The summed E-state index contributed by atoms with van der Waals surface area (Å²) in [6, 6.07) is 19.5. The third-order valence-electron chi connectivity index (χ3n) is 5.68. The monoisotopic (exact) mass is 521 g/mol. The van der Waals surface area contributed by atoms with Crippen molar-refractivity contribution in [3.63, 3.8) is 0 Å². The second-order valence-electron chi connectivity index (χ2n) is 7.48. The summed E-state index contributed by atoms with van der Waals surface area (Å²) in [6.07, 6.45) is 0. The Hall–Kier alpha value is -2.00. The molecule has 2 aromatic carbocycles. The minimum atomic E-state index is 0. The van der Waals surface area contributed by atoms with Gasteiger partial charge in [-0.1, -0.05) is 30.3 Å². The molecule has 162 valence electrons. The van der Waals surface area contributed by atoms with E-state index in [4.69, 9.17) is 4.74 Å². The van der Waals surface area contributed by atoms with E-state index in [1.54, 1.807) is 0 Å². The molecule has 0 radical (unpaired) electrons. The zero-order valence-corrected chi connectivity index (χ0v) is 20.0. The molecule has 0 saturated carbocycles. The number of benzene rings is 2. The first kappa shape index (κ1) is 22.7. The lowest BCUT2D eigenvalue weighted by Crippen LogP contribution is -2.52. The van der Waals surface area contributed by atoms with Crippen molar-refractivity contribution in [1.29, 1.82) is 0 Å². The average molecular weight is 521 g/mol. The van der Waals surface area contributed by atoms with E-state index in [-0.39, 0.29) is 24.0 Å². The van der Waals surface area contributed by atoms with Crippen LogP contribution < -0.4 is 15.1 Å². The van der Waals surface area contributed by atoms with Crippen LogP contribution in [0.25, 0.3) is 0 Å². The highest BCUT2D eigenvalue weighted by molar-refractivity contribution is 14.0. The van der Waals surface area contributed by atoms with Gasteiger partial charge in [0.15, 0.2) is 5.96 Å². The number of halogens is 1. The van der Waals surface area contributed by atoms with Crippen molar-refractivity contribution in [2.75, 3.05) is 69.3 Å². The van der Waals surface area contributed by atoms with Gasteiger partial charge in [-0.25, -0.2) is 0 Å². The molecule has 2 aliphatic heterocycles. The zero-order chi connectivity index (χ0) is 19.9. The number of nitrogens with zero attached hydrogens (tertiary/aromatic N) is 4. The van der Waals surface area contributed by atoms with Crippen LogP contribution >= 0.6 is 24.0 Å². The Morgan fingerprint density at radius 2 is 1.43 bits per heavy atom. The Labute approximate surface area is 196 Å². The smallest absolute Gasteiger partial charge is 0.194 e. The van der Waals surface area contributed by atoms with Gasteiger partial charge < -0.3 is 24.8 Å². The van der Waals surface area contributed by atoms with Crippen molar-refractivity contribution < 1.29 is 4.74 Å². The van der Waals surface area contributed by atoms with Gasteiger partial charge in [-0.2, -0.15) is 0 Å². The van der Waals surface area contributed by atoms with Gasteiger partial charge >= 0.3 is 0 Å². The third kappa shape index (κ3) is 5.78. The van der Waals surface area contributed by atoms with E-state index in [1.165, 1.54) is 16.9 Å². The minimum Gasteiger partial charge on any atom is -0.378 e. The number of para-hydroxylation sites is 1. The second-order valence-corrected chi connectivity index (χ2v) is 7.48. The maximum absolute atomic E-state index is 5.44. The molecule has 6 nitrogen and oxygen atoms in total. The van der Waals surface area contributed by atoms with Crippen LogP contribution in [0.2, 0.25) is 0 Å². The molecule has 30 heavy (non-hydrogen) atoms. The maximum atomic E-state index is 5.44. The number of guanidine groups is 1. The van der Waals surface area contributed by atoms with E-state index in [1.807, 2.05) is 7.05 Å². The summed E-state index contributed by atoms with van der Waals surface area (Å²) in [7, 11) is 1.87. The number of piperazine rings is 1. The van der Waals surface area contributed by atoms with Crippen molar-refractivity contribution in [2.45, 2.75) is 6.54 Å². The fourth-order valence-corrected chi connectivity index (χ4v) is 3.97. The molecule has 0 spiro atoms. The average Bonchev–Trinajstić information content (AvgIpc) is 2.81. The van der Waals surface area contributed by atoms with Gasteiger partial charge in [0, 0.05) is 64.2 Å². The zero-order valence-electron chi connectivity index (χ0n) is 17.7. The Bertz CT molecular complexity index is 785. The predicted octanol–water partition coefficient (Wildman–Crippen LogP) is 3.04. The van der Waals surface area contributed by atoms with Crippen LogP contribution in [0.15, 0.2) is 59.6 Å². The maximum Gasteiger partial charge on any atom is 0.194 e. The molecule has 7 heteroatoms. The summed E-state index contributed by atoms with van der Waals surface area (Å²) < 4.78 is 5.44. The molecule has 2 fully saturated rings. The fourth-order valence-electron chi connectivity index (χ4n) is 3.97. The lowest BCUT2D eigenvalue weighted by atomic mass is 10.2. The molecule has 0 aliphatic carbocycles. The van der Waals surface area contributed by atoms with E-state index in [2.05, 4.69) is 79.6 Å². The van der Waals surface area contributed by atoms with Crippen LogP contribution in [0.1, 0.15) is 5.56 Å². The van der Waals surface area contributed by atoms with Gasteiger partial charge in [0.1, 0.15) is 0 Å². The van der Waals surface area contributed by atoms with Crippen molar-refractivity contribution in [3.05, 3.63) is 60.2 Å². The van der Waals surface area contributed by atoms with Gasteiger partial charge in [0.05, 0.1) is 13.2 Å². The molecule has 2 saturated heterocycles. The summed E-state index contributed by atoms with van der Waals surface area (Å²) in [4.78, 5) is 11.7. The summed E-state index contributed by atoms with van der Waals surface area (Å²) in [6.45, 7) is 8.34. The molecule has 0 amide bonds. The lowest BCUT2D eigenvalue weighted by Gasteiger charge is -2.37. The van der Waals surface area contributed by atoms with Crippen LogP contribution in [-0.4, -0.2) is 70.4 Å². The van der Waals surface area contributed by atoms with Crippen LogP contribution in [0.4, 0.5) is 11.4 Å². The van der Waals surface area contributed by atoms with E-state index >= 15 is 0 Å². The largest absolute Gasteiger partial charge is 0.378 e. The van der Waals surface area contributed by atoms with E-state index in [0.717, 1.165) is 65.0 Å². The Balaban J connectivity index is 0.00000256. The normalized spacial score (nSPS) is 17.5. The Morgan fingerprint density at radius 1 is 0.833 bits per heavy atom. The summed E-state index contributed by atoms with van der Waals surface area (Å²) >= 11 is 0. The van der Waals surface area contributed by atoms with Gasteiger partial charge in [-0.3, -0.25) is 4.99 Å². The quantitative estimate of drug-likeness (QED) is 0.381. The molecule has 4 rings (SSSR count). The van der Waals surface area contributed by atoms with Gasteiger partial charge in [0.2, 0.25) is 0 Å². The first-order valence-corrected chi connectivity index (χ1v) is 10.5. The number of rotatable bonds is 4. The first-order chi connectivity index (χ1) is 14.3. The van der Waals surface area contributed by atoms with E-state index in [0.29, 0.717) is 0 Å². The van der Waals surface area contributed by atoms with Crippen LogP contribution in [0.5, 0.6) is 0 Å². The van der Waals surface area contributed by atoms with Crippen LogP contribution in [-0.2, 0) is 11.3 Å². The van der Waals surface area contributed by atoms with Gasteiger partial charge in [0.25, 0.3) is 0 Å². The van der Waals surface area contributed by atoms with Crippen molar-refractivity contribution in [2.24, 2.45) is 4.99 Å². The Morgan fingerprint density at radius 3 is 2.07 bits per heavy atom. The highest BCUT2D eigenvalue weighted by atomic mass is 127. The number of ether oxygens (including phenoxy) is 1. The van der Waals surface area contributed by atoms with Crippen molar-refractivity contribution in [3.8, 4) is 0 Å². The van der Waals surface area contributed by atoms with Gasteiger partial charge in [-0.05, 0) is 29.8 Å². The molecule has 0 bridgehead atoms. The molecule has 0 atom stereocenters. The van der Waals surface area contributed by atoms with Crippen molar-refractivity contribution >= 4 is 41.3 Å². The molecule has 0 aromatic heterocycles. The van der Waals surface area contributed by atoms with Crippen LogP contribution in [0.3, 0.4) is 0 Å². The predicted molar refractivity (Wildman–Crippen MR) is 135 cm³/mol. The van der Waals surface area contributed by atoms with Gasteiger partial charge in [-0.15, -0.1) is 24.0 Å². The lowest BCUT2D eigenvalue weighted by molar-refractivity contribution is 0.122. The van der Waals surface area contributed by atoms with E-state index < -0.39 is 0 Å². The second kappa shape index (κ2) is 11.4. The SMILES string of the molecule is CN=C(NCc1ccc(N2CCOCC2)cc1)N1CCN(c2ccccc2)CC1.I. The minimum absolute atomic E-state index is 0. The molecule has 0 unspecified atom stereocenters. The summed E-state index contributed by atoms with van der Waals surface area (Å²) in [5, 5.41) is 3.53. The molecular formula is C23H32IN5O. The summed E-state index contributed by atoms with van der Waals surface area (Å²) in [5.41, 5.74) is 3.85. The number of nitrogens with one attached hydrogen (secondary N) is 1. The van der Waals surface area contributed by atoms with Crippen LogP contribution in [0, 0.1) is 0 Å². The molecule has 2 aromatic rings. The number of anilines is 2. The standard InChI is InChI=1S/C23H31N5O.HI/c1-24-23(28-13-11-26(12-14-28)21-5-3-2-4-6-21)25-19-20-7-9-22(10-8-20)27-15-17-29-18-16-27;/h2-10H,11-19H2,1H3,(H,24,25);1H. The highest BCUT2D eigenvalue weighted by Gasteiger charge is 2.19. The first-order valence-electron chi connectivity index (χ1n) is 10.5. The third-order valence-corrected chi connectivity index (χ3v) is 5.68. The number of hydrogen-bond donors (Lipinski definition) is 1. The number of hydrogen-bond acceptors (Lipinski definition) is 4. The van der Waals surface area contributed by atoms with Crippen molar-refractivity contribution in [1.82, 2.24) is 10.2 Å². The molecular weight excluding hydrogens is 489 g/mol. The molecule has 1 N–H and O–H groups in total. The molecule has 2 aliphatic rings. The number of morpholine rings is 1. The number of aliphatic imine (C=N–C) groups is 1. The molecule has 2 heterocycles. The topological polar surface area (TPSA) is 43.3 Å². The summed E-state index contributed by atoms with van der Waals surface area (Å²) in [5.74, 6) is 0.981. The Kier molecular flexibility index (Phi) is 8.62.